The van der Waals surface area contributed by atoms with Crippen molar-refractivity contribution in [2.24, 2.45) is 7.05 Å². The number of benzene rings is 3. The van der Waals surface area contributed by atoms with Crippen molar-refractivity contribution in [3.05, 3.63) is 89.1 Å². The van der Waals surface area contributed by atoms with E-state index in [1.54, 1.807) is 28.5 Å². The minimum absolute atomic E-state index is 0.0382. The Kier molecular flexibility index (Phi) is 5.38. The zero-order valence-electron chi connectivity index (χ0n) is 31.0. The summed E-state index contributed by atoms with van der Waals surface area (Å²) in [6.07, 6.45) is -0.816. The summed E-state index contributed by atoms with van der Waals surface area (Å²) >= 11 is 0. The fourth-order valence-electron chi connectivity index (χ4n) is 4.65. The van der Waals surface area contributed by atoms with Crippen molar-refractivity contribution >= 4 is 38.6 Å². The third-order valence-corrected chi connectivity index (χ3v) is 8.05. The number of fused-ring (bicyclic) bond motifs is 1. The molecule has 1 heterocycles. The molecule has 0 unspecified atom stereocenters. The van der Waals surface area contributed by atoms with Crippen LogP contribution in [0.3, 0.4) is 0 Å². The lowest BCUT2D eigenvalue weighted by molar-refractivity contribution is 0.0980. The molecule has 41 heavy (non-hydrogen) atoms. The van der Waals surface area contributed by atoms with Gasteiger partial charge in [-0.05, 0) is 85.6 Å². The van der Waals surface area contributed by atoms with Gasteiger partial charge in [0.15, 0.2) is 0 Å². The molecule has 0 radical (unpaired) electrons. The topological polar surface area (TPSA) is 116 Å². The highest BCUT2D eigenvalue weighted by Crippen LogP contribution is 2.30. The SMILES string of the molecule is [2H]C([2H])([2H])Oc1cc(C(=O)NS(=O)(=O)c2ccccc2C([2H])([2H])[2H])ccc1C([2H])([2H])c1cn(C)c2ccc(NC(=O)OC3([2H])CCCC3)cc12. The molecule has 1 aliphatic carbocycles. The predicted octanol–water partition coefficient (Wildman–Crippen LogP) is 5.70. The standard InChI is InChI=1S/C31H33N3O6S/c1-20-8-4-7-11-29(20)41(37,38)33-30(35)22-13-12-21(28(17-22)39-3)16-23-19-34(2)27-15-14-24(18-26(23)27)32-31(36)40-25-9-5-6-10-25/h4,7-8,11-15,17-19,25H,5-6,9-10,16H2,1-3H3,(H,32,36)(H,33,35)/i1D3,3D3,16D2,25D. The first-order valence-corrected chi connectivity index (χ1v) is 14.2. The highest BCUT2D eigenvalue weighted by atomic mass is 32.2. The number of amides is 2. The molecule has 0 bridgehead atoms. The summed E-state index contributed by atoms with van der Waals surface area (Å²) in [5, 5.41) is 2.91. The minimum Gasteiger partial charge on any atom is -0.496 e. The molecule has 2 amide bonds. The molecule has 0 aliphatic heterocycles. The van der Waals surface area contributed by atoms with E-state index < -0.39 is 70.1 Å². The van der Waals surface area contributed by atoms with Gasteiger partial charge in [0, 0.05) is 48.6 Å². The van der Waals surface area contributed by atoms with E-state index in [1.807, 2.05) is 0 Å². The van der Waals surface area contributed by atoms with E-state index in [-0.39, 0.29) is 16.8 Å². The van der Waals surface area contributed by atoms with Crippen LogP contribution >= 0.6 is 0 Å². The summed E-state index contributed by atoms with van der Waals surface area (Å²) in [6, 6.07) is 12.5. The van der Waals surface area contributed by atoms with Gasteiger partial charge in [-0.2, -0.15) is 0 Å². The monoisotopic (exact) mass is 584 g/mol. The zero-order valence-corrected chi connectivity index (χ0v) is 22.8. The van der Waals surface area contributed by atoms with Gasteiger partial charge < -0.3 is 14.0 Å². The smallest absolute Gasteiger partial charge is 0.411 e. The Hall–Kier alpha value is -4.31. The highest BCUT2D eigenvalue weighted by molar-refractivity contribution is 7.90. The summed E-state index contributed by atoms with van der Waals surface area (Å²) in [7, 11) is -6.19. The molecule has 0 saturated heterocycles. The number of rotatable bonds is 8. The van der Waals surface area contributed by atoms with Crippen LogP contribution in [0.25, 0.3) is 10.9 Å². The highest BCUT2D eigenvalue weighted by Gasteiger charge is 2.22. The van der Waals surface area contributed by atoms with Crippen LogP contribution in [0, 0.1) is 6.85 Å². The Bertz CT molecular complexity index is 2070. The lowest BCUT2D eigenvalue weighted by Crippen LogP contribution is -2.31. The number of nitrogens with zero attached hydrogens (tertiary/aromatic N) is 1. The van der Waals surface area contributed by atoms with E-state index in [0.29, 0.717) is 23.7 Å². The zero-order chi connectivity index (χ0) is 36.9. The first-order valence-electron chi connectivity index (χ1n) is 17.2. The van der Waals surface area contributed by atoms with Crippen molar-refractivity contribution in [1.82, 2.24) is 9.29 Å². The number of nitrogens with one attached hydrogen (secondary N) is 2. The molecular weight excluding hydrogens is 542 g/mol. The van der Waals surface area contributed by atoms with Gasteiger partial charge in [-0.1, -0.05) is 24.3 Å². The van der Waals surface area contributed by atoms with Gasteiger partial charge in [0.2, 0.25) is 0 Å². The Morgan fingerprint density at radius 2 is 1.90 bits per heavy atom. The van der Waals surface area contributed by atoms with Gasteiger partial charge >= 0.3 is 6.09 Å². The minimum atomic E-state index is -4.73. The average Bonchev–Trinajstić information content (AvgIpc) is 3.58. The maximum Gasteiger partial charge on any atom is 0.411 e. The second-order valence-electron chi connectivity index (χ2n) is 9.51. The van der Waals surface area contributed by atoms with E-state index in [9.17, 15) is 18.0 Å². The van der Waals surface area contributed by atoms with Gasteiger partial charge in [0.05, 0.1) is 17.4 Å². The van der Waals surface area contributed by atoms with Crippen molar-refractivity contribution in [1.29, 1.82) is 0 Å². The van der Waals surface area contributed by atoms with Crippen LogP contribution in [0.4, 0.5) is 10.5 Å². The fraction of sp³-hybridized carbons (Fsp3) is 0.290. The first-order chi connectivity index (χ1) is 23.1. The van der Waals surface area contributed by atoms with Crippen LogP contribution in [0.2, 0.25) is 0 Å². The van der Waals surface area contributed by atoms with Gasteiger partial charge in [0.25, 0.3) is 15.9 Å². The maximum absolute atomic E-state index is 13.2. The van der Waals surface area contributed by atoms with Crippen molar-refractivity contribution in [2.75, 3.05) is 12.4 Å². The van der Waals surface area contributed by atoms with Crippen LogP contribution in [0.15, 0.2) is 71.8 Å². The number of hydrogen-bond acceptors (Lipinski definition) is 6. The van der Waals surface area contributed by atoms with Crippen molar-refractivity contribution in [3.8, 4) is 5.75 Å². The summed E-state index contributed by atoms with van der Waals surface area (Å²) in [6.45, 7) is -2.82. The second-order valence-corrected chi connectivity index (χ2v) is 11.2. The van der Waals surface area contributed by atoms with Gasteiger partial charge in [-0.3, -0.25) is 10.1 Å². The lowest BCUT2D eigenvalue weighted by Gasteiger charge is -2.13. The molecule has 2 N–H and O–H groups in total. The van der Waals surface area contributed by atoms with Crippen molar-refractivity contribution < 1.29 is 39.8 Å². The second kappa shape index (κ2) is 11.7. The number of ether oxygens (including phenoxy) is 2. The summed E-state index contributed by atoms with van der Waals surface area (Å²) < 4.78 is 113. The summed E-state index contributed by atoms with van der Waals surface area (Å²) in [5.41, 5.74) is -0.419. The summed E-state index contributed by atoms with van der Waals surface area (Å²) in [4.78, 5) is 25.2. The number of carbonyl (C=O) groups excluding carboxylic acids is 2. The number of aryl methyl sites for hydroxylation is 2. The molecule has 1 fully saturated rings. The van der Waals surface area contributed by atoms with Crippen LogP contribution in [-0.4, -0.2) is 38.1 Å². The normalized spacial score (nSPS) is 18.7. The molecule has 10 heteroatoms. The summed E-state index contributed by atoms with van der Waals surface area (Å²) in [5.74, 6) is -1.84. The third-order valence-electron chi connectivity index (χ3n) is 6.66. The first kappa shape index (κ1) is 18.9. The molecule has 3 aromatic carbocycles. The Morgan fingerprint density at radius 3 is 2.68 bits per heavy atom. The molecule has 1 saturated carbocycles. The quantitative estimate of drug-likeness (QED) is 0.275. The number of carbonyl (C=O) groups is 2. The van der Waals surface area contributed by atoms with Crippen molar-refractivity contribution in [2.45, 2.75) is 49.9 Å². The Labute approximate surface area is 252 Å². The molecule has 214 valence electrons. The number of methoxy groups -OCH3 is 1. The number of aromatic nitrogens is 1. The molecule has 1 aromatic heterocycles. The van der Waals surface area contributed by atoms with E-state index in [2.05, 4.69) is 5.32 Å². The van der Waals surface area contributed by atoms with Gasteiger partial charge in [0.1, 0.15) is 11.8 Å². The molecular formula is C31H33N3O6S. The van der Waals surface area contributed by atoms with Gasteiger partial charge in [-0.15, -0.1) is 0 Å². The van der Waals surface area contributed by atoms with E-state index in [4.69, 9.17) is 21.8 Å². The average molecular weight is 585 g/mol. The Morgan fingerprint density at radius 1 is 1.10 bits per heavy atom. The Balaban J connectivity index is 1.50. The fourth-order valence-corrected chi connectivity index (χ4v) is 5.74. The molecule has 4 aromatic rings. The third kappa shape index (κ3) is 6.22. The van der Waals surface area contributed by atoms with Gasteiger partial charge in [-0.25, -0.2) is 17.9 Å². The van der Waals surface area contributed by atoms with Crippen LogP contribution in [-0.2, 0) is 28.2 Å². The van der Waals surface area contributed by atoms with Crippen LogP contribution in [0.5, 0.6) is 5.75 Å². The lowest BCUT2D eigenvalue weighted by atomic mass is 10.0. The number of hydrogen-bond donors (Lipinski definition) is 2. The van der Waals surface area contributed by atoms with Crippen LogP contribution < -0.4 is 14.8 Å². The van der Waals surface area contributed by atoms with Crippen LogP contribution in [0.1, 0.15) is 65.1 Å². The molecule has 9 nitrogen and oxygen atoms in total. The number of anilines is 1. The predicted molar refractivity (Wildman–Crippen MR) is 157 cm³/mol. The molecule has 0 spiro atoms. The largest absolute Gasteiger partial charge is 0.496 e. The maximum atomic E-state index is 13.2. The van der Waals surface area contributed by atoms with Crippen molar-refractivity contribution in [3.63, 3.8) is 0 Å². The molecule has 0 atom stereocenters. The molecule has 1 aliphatic rings. The number of sulfonamides is 1. The van der Waals surface area contributed by atoms with E-state index >= 15 is 0 Å². The van der Waals surface area contributed by atoms with E-state index in [1.165, 1.54) is 24.4 Å². The van der Waals surface area contributed by atoms with E-state index in [0.717, 1.165) is 43.2 Å². The molecule has 5 rings (SSSR count).